The van der Waals surface area contributed by atoms with Gasteiger partial charge in [-0.1, -0.05) is 6.07 Å². The number of hydrogen-bond donors (Lipinski definition) is 1. The molecule has 0 saturated carbocycles. The first-order chi connectivity index (χ1) is 8.20. The first-order valence-corrected chi connectivity index (χ1v) is 5.77. The average Bonchev–Trinajstić information content (AvgIpc) is 2.34. The second-order valence-corrected chi connectivity index (χ2v) is 4.22. The van der Waals surface area contributed by atoms with E-state index < -0.39 is 5.82 Å². The molecule has 0 aliphatic heterocycles. The van der Waals surface area contributed by atoms with Crippen LogP contribution in [0.2, 0.25) is 0 Å². The molecule has 0 saturated heterocycles. The van der Waals surface area contributed by atoms with E-state index in [1.807, 2.05) is 0 Å². The van der Waals surface area contributed by atoms with Crippen LogP contribution in [0.1, 0.15) is 5.56 Å². The van der Waals surface area contributed by atoms with E-state index in [2.05, 4.69) is 20.9 Å². The summed E-state index contributed by atoms with van der Waals surface area (Å²) in [6, 6.07) is 8.14. The van der Waals surface area contributed by atoms with Gasteiger partial charge in [0.05, 0.1) is 4.47 Å². The summed E-state index contributed by atoms with van der Waals surface area (Å²) in [6.45, 7) is 0.296. The molecule has 1 heterocycles. The SMILES string of the molecule is NCc1ccc(Oc2ncccc2Br)c(F)c1. The first-order valence-electron chi connectivity index (χ1n) is 4.97. The van der Waals surface area contributed by atoms with Crippen molar-refractivity contribution >= 4 is 15.9 Å². The summed E-state index contributed by atoms with van der Waals surface area (Å²) in [7, 11) is 0. The fraction of sp³-hybridized carbons (Fsp3) is 0.0833. The van der Waals surface area contributed by atoms with Gasteiger partial charge in [0.2, 0.25) is 5.88 Å². The van der Waals surface area contributed by atoms with Crippen LogP contribution in [0.3, 0.4) is 0 Å². The normalized spacial score (nSPS) is 10.3. The Morgan fingerprint density at radius 1 is 1.35 bits per heavy atom. The van der Waals surface area contributed by atoms with E-state index in [0.717, 1.165) is 5.56 Å². The molecule has 0 atom stereocenters. The van der Waals surface area contributed by atoms with Gasteiger partial charge < -0.3 is 10.5 Å². The maximum atomic E-state index is 13.6. The van der Waals surface area contributed by atoms with Crippen molar-refractivity contribution in [3.05, 3.63) is 52.4 Å². The van der Waals surface area contributed by atoms with Crippen LogP contribution in [0.15, 0.2) is 41.0 Å². The number of ether oxygens (including phenoxy) is 1. The van der Waals surface area contributed by atoms with Gasteiger partial charge in [-0.3, -0.25) is 0 Å². The Balaban J connectivity index is 2.28. The minimum atomic E-state index is -0.453. The predicted octanol–water partition coefficient (Wildman–Crippen LogP) is 3.23. The number of hydrogen-bond acceptors (Lipinski definition) is 3. The van der Waals surface area contributed by atoms with Crippen molar-refractivity contribution in [2.24, 2.45) is 5.73 Å². The van der Waals surface area contributed by atoms with E-state index in [1.54, 1.807) is 30.5 Å². The van der Waals surface area contributed by atoms with E-state index >= 15 is 0 Å². The monoisotopic (exact) mass is 296 g/mol. The van der Waals surface area contributed by atoms with Crippen LogP contribution >= 0.6 is 15.9 Å². The average molecular weight is 297 g/mol. The summed E-state index contributed by atoms with van der Waals surface area (Å²) in [5, 5.41) is 0. The maximum absolute atomic E-state index is 13.6. The quantitative estimate of drug-likeness (QED) is 0.946. The lowest BCUT2D eigenvalue weighted by molar-refractivity contribution is 0.424. The van der Waals surface area contributed by atoms with Gasteiger partial charge in [-0.25, -0.2) is 9.37 Å². The summed E-state index contributed by atoms with van der Waals surface area (Å²) in [4.78, 5) is 4.00. The fourth-order valence-corrected chi connectivity index (χ4v) is 1.64. The zero-order chi connectivity index (χ0) is 12.3. The Labute approximate surface area is 107 Å². The molecule has 0 bridgehead atoms. The van der Waals surface area contributed by atoms with Gasteiger partial charge >= 0.3 is 0 Å². The van der Waals surface area contributed by atoms with Gasteiger partial charge in [0.25, 0.3) is 0 Å². The molecular formula is C12H10BrFN2O. The lowest BCUT2D eigenvalue weighted by Gasteiger charge is -2.07. The van der Waals surface area contributed by atoms with Crippen LogP contribution in [0.25, 0.3) is 0 Å². The van der Waals surface area contributed by atoms with Crippen molar-refractivity contribution < 1.29 is 9.13 Å². The minimum absolute atomic E-state index is 0.126. The largest absolute Gasteiger partial charge is 0.435 e. The second-order valence-electron chi connectivity index (χ2n) is 3.36. The maximum Gasteiger partial charge on any atom is 0.233 e. The highest BCUT2D eigenvalue weighted by molar-refractivity contribution is 9.10. The van der Waals surface area contributed by atoms with E-state index in [-0.39, 0.29) is 5.75 Å². The Hall–Kier alpha value is -1.46. The molecule has 0 amide bonds. The molecule has 2 aromatic rings. The second kappa shape index (κ2) is 5.25. The number of pyridine rings is 1. The third-order valence-corrected chi connectivity index (χ3v) is 2.77. The van der Waals surface area contributed by atoms with Crippen molar-refractivity contribution in [3.8, 4) is 11.6 Å². The Morgan fingerprint density at radius 3 is 2.82 bits per heavy atom. The molecule has 1 aromatic carbocycles. The Morgan fingerprint density at radius 2 is 2.18 bits per heavy atom. The Bertz CT molecular complexity index is 534. The van der Waals surface area contributed by atoms with Crippen molar-refractivity contribution in [1.29, 1.82) is 0 Å². The molecule has 2 N–H and O–H groups in total. The van der Waals surface area contributed by atoms with Gasteiger partial charge in [-0.15, -0.1) is 0 Å². The predicted molar refractivity (Wildman–Crippen MR) is 66.3 cm³/mol. The van der Waals surface area contributed by atoms with E-state index in [0.29, 0.717) is 16.9 Å². The molecule has 0 aliphatic carbocycles. The Kier molecular flexibility index (Phi) is 3.71. The minimum Gasteiger partial charge on any atom is -0.435 e. The van der Waals surface area contributed by atoms with Crippen molar-refractivity contribution in [1.82, 2.24) is 4.98 Å². The molecule has 2 rings (SSSR count). The van der Waals surface area contributed by atoms with Crippen LogP contribution in [-0.2, 0) is 6.54 Å². The third kappa shape index (κ3) is 2.81. The molecule has 0 spiro atoms. The molecule has 0 aliphatic rings. The number of nitrogens with zero attached hydrogens (tertiary/aromatic N) is 1. The summed E-state index contributed by atoms with van der Waals surface area (Å²) < 4.78 is 19.7. The summed E-state index contributed by atoms with van der Waals surface area (Å²) in [5.41, 5.74) is 6.14. The lowest BCUT2D eigenvalue weighted by Crippen LogP contribution is -1.98. The highest BCUT2D eigenvalue weighted by Gasteiger charge is 2.08. The summed E-state index contributed by atoms with van der Waals surface area (Å²) in [5.74, 6) is -0.000925. The molecule has 3 nitrogen and oxygen atoms in total. The number of benzene rings is 1. The zero-order valence-corrected chi connectivity index (χ0v) is 10.4. The number of halogens is 2. The molecule has 0 unspecified atom stereocenters. The van der Waals surface area contributed by atoms with Crippen LogP contribution in [0, 0.1) is 5.82 Å². The van der Waals surface area contributed by atoms with Crippen LogP contribution < -0.4 is 10.5 Å². The molecule has 1 aromatic heterocycles. The van der Waals surface area contributed by atoms with Crippen LogP contribution in [0.4, 0.5) is 4.39 Å². The highest BCUT2D eigenvalue weighted by Crippen LogP contribution is 2.28. The van der Waals surface area contributed by atoms with Crippen molar-refractivity contribution in [3.63, 3.8) is 0 Å². The molecule has 88 valence electrons. The molecule has 0 radical (unpaired) electrons. The van der Waals surface area contributed by atoms with Gasteiger partial charge in [0, 0.05) is 12.7 Å². The summed E-state index contributed by atoms with van der Waals surface area (Å²) >= 11 is 3.28. The van der Waals surface area contributed by atoms with Gasteiger partial charge in [-0.2, -0.15) is 0 Å². The van der Waals surface area contributed by atoms with E-state index in [4.69, 9.17) is 10.5 Å². The topological polar surface area (TPSA) is 48.1 Å². The first kappa shape index (κ1) is 12.0. The van der Waals surface area contributed by atoms with Gasteiger partial charge in [0.15, 0.2) is 11.6 Å². The molecule has 0 fully saturated rings. The fourth-order valence-electron chi connectivity index (χ4n) is 1.30. The van der Waals surface area contributed by atoms with Crippen molar-refractivity contribution in [2.75, 3.05) is 0 Å². The van der Waals surface area contributed by atoms with Crippen molar-refractivity contribution in [2.45, 2.75) is 6.54 Å². The summed E-state index contributed by atoms with van der Waals surface area (Å²) in [6.07, 6.45) is 1.58. The van der Waals surface area contributed by atoms with Gasteiger partial charge in [0.1, 0.15) is 0 Å². The number of rotatable bonds is 3. The van der Waals surface area contributed by atoms with E-state index in [1.165, 1.54) is 6.07 Å². The molecule has 17 heavy (non-hydrogen) atoms. The molecular weight excluding hydrogens is 287 g/mol. The number of aromatic nitrogens is 1. The van der Waals surface area contributed by atoms with E-state index in [9.17, 15) is 4.39 Å². The standard InChI is InChI=1S/C12H10BrFN2O/c13-9-2-1-5-16-12(9)17-11-4-3-8(7-15)6-10(11)14/h1-6H,7,15H2. The number of nitrogens with two attached hydrogens (primary N) is 1. The van der Waals surface area contributed by atoms with Crippen LogP contribution in [-0.4, -0.2) is 4.98 Å². The zero-order valence-electron chi connectivity index (χ0n) is 8.86. The third-order valence-electron chi connectivity index (χ3n) is 2.16. The van der Waals surface area contributed by atoms with Crippen LogP contribution in [0.5, 0.6) is 11.6 Å². The highest BCUT2D eigenvalue weighted by atomic mass is 79.9. The smallest absolute Gasteiger partial charge is 0.233 e. The lowest BCUT2D eigenvalue weighted by atomic mass is 10.2. The van der Waals surface area contributed by atoms with Gasteiger partial charge in [-0.05, 0) is 45.8 Å². The molecule has 5 heteroatoms.